The van der Waals surface area contributed by atoms with E-state index in [1.807, 2.05) is 48.9 Å². The fourth-order valence-electron chi connectivity index (χ4n) is 1.88. The van der Waals surface area contributed by atoms with E-state index in [1.54, 1.807) is 0 Å². The number of methoxy groups -OCH3 is 1. The van der Waals surface area contributed by atoms with Crippen LogP contribution in [0.25, 0.3) is 5.69 Å². The number of ether oxygens (including phenoxy) is 1. The molecule has 0 bridgehead atoms. The van der Waals surface area contributed by atoms with E-state index in [0.29, 0.717) is 0 Å². The molecular weight excluding hydrogens is 242 g/mol. The monoisotopic (exact) mass is 259 g/mol. The molecule has 5 nitrogen and oxygen atoms in total. The Morgan fingerprint density at radius 1 is 1.37 bits per heavy atom. The molecule has 0 atom stereocenters. The van der Waals surface area contributed by atoms with Gasteiger partial charge in [-0.1, -0.05) is 6.07 Å². The first-order chi connectivity index (χ1) is 9.10. The van der Waals surface area contributed by atoms with Crippen molar-refractivity contribution >= 4 is 11.7 Å². The molecule has 0 aliphatic heterocycles. The number of rotatable bonds is 4. The van der Waals surface area contributed by atoms with Crippen LogP contribution in [0.5, 0.6) is 0 Å². The maximum Gasteiger partial charge on any atom is 0.325 e. The fraction of sp³-hybridized carbons (Fsp3) is 0.286. The Bertz CT molecular complexity index is 590. The standard InChI is InChI=1S/C14H17N3O2/c1-10-7-11(2)17(16-10)13-6-4-5-12(8-13)15-9-14(18)19-3/h4-8,15H,9H2,1-3H3. The van der Waals surface area contributed by atoms with Crippen LogP contribution in [0.4, 0.5) is 5.69 Å². The number of hydrogen-bond donors (Lipinski definition) is 1. The number of benzene rings is 1. The number of aromatic nitrogens is 2. The second-order valence-electron chi connectivity index (χ2n) is 4.32. The van der Waals surface area contributed by atoms with Gasteiger partial charge in [0.25, 0.3) is 0 Å². The molecule has 0 saturated heterocycles. The highest BCUT2D eigenvalue weighted by Gasteiger charge is 2.05. The van der Waals surface area contributed by atoms with Crippen molar-refractivity contribution in [3.05, 3.63) is 41.7 Å². The molecule has 0 unspecified atom stereocenters. The molecule has 2 aromatic rings. The quantitative estimate of drug-likeness (QED) is 0.854. The Morgan fingerprint density at radius 3 is 2.79 bits per heavy atom. The molecular formula is C14H17N3O2. The molecule has 0 saturated carbocycles. The number of carbonyl (C=O) groups is 1. The number of carbonyl (C=O) groups excluding carboxylic acids is 1. The minimum absolute atomic E-state index is 0.150. The summed E-state index contributed by atoms with van der Waals surface area (Å²) in [5.41, 5.74) is 3.86. The molecule has 2 rings (SSSR count). The molecule has 19 heavy (non-hydrogen) atoms. The predicted molar refractivity (Wildman–Crippen MR) is 73.5 cm³/mol. The van der Waals surface area contributed by atoms with Crippen molar-refractivity contribution in [3.63, 3.8) is 0 Å². The van der Waals surface area contributed by atoms with Crippen molar-refractivity contribution in [2.45, 2.75) is 13.8 Å². The highest BCUT2D eigenvalue weighted by atomic mass is 16.5. The van der Waals surface area contributed by atoms with Gasteiger partial charge in [0.15, 0.2) is 0 Å². The van der Waals surface area contributed by atoms with Gasteiger partial charge in [-0.2, -0.15) is 5.10 Å². The zero-order chi connectivity index (χ0) is 13.8. The lowest BCUT2D eigenvalue weighted by Crippen LogP contribution is -2.15. The summed E-state index contributed by atoms with van der Waals surface area (Å²) in [4.78, 5) is 11.1. The minimum Gasteiger partial charge on any atom is -0.468 e. The van der Waals surface area contributed by atoms with Gasteiger partial charge in [0.1, 0.15) is 6.54 Å². The van der Waals surface area contributed by atoms with Crippen LogP contribution in [0, 0.1) is 13.8 Å². The molecule has 1 heterocycles. The molecule has 0 spiro atoms. The van der Waals surface area contributed by atoms with Gasteiger partial charge in [-0.3, -0.25) is 4.79 Å². The van der Waals surface area contributed by atoms with Gasteiger partial charge < -0.3 is 10.1 Å². The van der Waals surface area contributed by atoms with Gasteiger partial charge in [-0.05, 0) is 38.1 Å². The Balaban J connectivity index is 2.19. The van der Waals surface area contributed by atoms with E-state index in [-0.39, 0.29) is 12.5 Å². The molecule has 1 aromatic heterocycles. The summed E-state index contributed by atoms with van der Waals surface area (Å²) in [7, 11) is 1.37. The van der Waals surface area contributed by atoms with Crippen molar-refractivity contribution in [2.24, 2.45) is 0 Å². The third-order valence-corrected chi connectivity index (χ3v) is 2.76. The summed E-state index contributed by atoms with van der Waals surface area (Å²) in [5, 5.41) is 7.45. The lowest BCUT2D eigenvalue weighted by atomic mass is 10.2. The lowest BCUT2D eigenvalue weighted by Gasteiger charge is -2.08. The number of nitrogens with zero attached hydrogens (tertiary/aromatic N) is 2. The van der Waals surface area contributed by atoms with Crippen LogP contribution in [0.1, 0.15) is 11.4 Å². The number of anilines is 1. The summed E-state index contributed by atoms with van der Waals surface area (Å²) >= 11 is 0. The maximum absolute atomic E-state index is 11.1. The fourth-order valence-corrected chi connectivity index (χ4v) is 1.88. The average molecular weight is 259 g/mol. The van der Waals surface area contributed by atoms with Crippen LogP contribution in [-0.2, 0) is 9.53 Å². The Labute approximate surface area is 112 Å². The molecule has 5 heteroatoms. The number of hydrogen-bond acceptors (Lipinski definition) is 4. The second kappa shape index (κ2) is 5.56. The Morgan fingerprint density at radius 2 is 2.16 bits per heavy atom. The van der Waals surface area contributed by atoms with Gasteiger partial charge in [0.2, 0.25) is 0 Å². The van der Waals surface area contributed by atoms with Crippen molar-refractivity contribution in [1.29, 1.82) is 0 Å². The third kappa shape index (κ3) is 3.13. The lowest BCUT2D eigenvalue weighted by molar-refractivity contribution is -0.138. The molecule has 100 valence electrons. The van der Waals surface area contributed by atoms with Crippen LogP contribution in [0.15, 0.2) is 30.3 Å². The molecule has 1 N–H and O–H groups in total. The highest BCUT2D eigenvalue weighted by molar-refractivity contribution is 5.75. The summed E-state index contributed by atoms with van der Waals surface area (Å²) < 4.78 is 6.46. The van der Waals surface area contributed by atoms with Gasteiger partial charge in [-0.25, -0.2) is 4.68 Å². The van der Waals surface area contributed by atoms with Gasteiger partial charge in [0, 0.05) is 11.4 Å². The van der Waals surface area contributed by atoms with E-state index < -0.39 is 0 Å². The van der Waals surface area contributed by atoms with Crippen LogP contribution in [0.3, 0.4) is 0 Å². The molecule has 0 radical (unpaired) electrons. The normalized spacial score (nSPS) is 10.3. The van der Waals surface area contributed by atoms with E-state index in [4.69, 9.17) is 0 Å². The zero-order valence-corrected chi connectivity index (χ0v) is 11.3. The smallest absolute Gasteiger partial charge is 0.325 e. The average Bonchev–Trinajstić information content (AvgIpc) is 2.75. The first-order valence-electron chi connectivity index (χ1n) is 6.04. The molecule has 0 aliphatic rings. The summed E-state index contributed by atoms with van der Waals surface area (Å²) in [6.45, 7) is 4.12. The molecule has 1 aromatic carbocycles. The molecule has 0 fully saturated rings. The largest absolute Gasteiger partial charge is 0.468 e. The van der Waals surface area contributed by atoms with Crippen molar-refractivity contribution in [1.82, 2.24) is 9.78 Å². The first-order valence-corrected chi connectivity index (χ1v) is 6.04. The van der Waals surface area contributed by atoms with Crippen LogP contribution >= 0.6 is 0 Å². The van der Waals surface area contributed by atoms with E-state index in [1.165, 1.54) is 7.11 Å². The summed E-state index contributed by atoms with van der Waals surface area (Å²) in [5.74, 6) is -0.295. The summed E-state index contributed by atoms with van der Waals surface area (Å²) in [6, 6.07) is 9.77. The van der Waals surface area contributed by atoms with Gasteiger partial charge in [0.05, 0.1) is 18.5 Å². The number of nitrogens with one attached hydrogen (secondary N) is 1. The number of aryl methyl sites for hydroxylation is 2. The van der Waals surface area contributed by atoms with E-state index >= 15 is 0 Å². The van der Waals surface area contributed by atoms with Crippen LogP contribution in [0.2, 0.25) is 0 Å². The minimum atomic E-state index is -0.295. The first kappa shape index (κ1) is 13.1. The highest BCUT2D eigenvalue weighted by Crippen LogP contribution is 2.16. The SMILES string of the molecule is COC(=O)CNc1cccc(-n2nc(C)cc2C)c1. The predicted octanol–water partition coefficient (Wildman–Crippen LogP) is 2.07. The van der Waals surface area contributed by atoms with Crippen LogP contribution in [-0.4, -0.2) is 29.4 Å². The third-order valence-electron chi connectivity index (χ3n) is 2.76. The topological polar surface area (TPSA) is 56.1 Å². The Hall–Kier alpha value is -2.30. The van der Waals surface area contributed by atoms with Crippen molar-refractivity contribution in [3.8, 4) is 5.69 Å². The summed E-state index contributed by atoms with van der Waals surface area (Å²) in [6.07, 6.45) is 0. The van der Waals surface area contributed by atoms with E-state index in [0.717, 1.165) is 22.8 Å². The Kier molecular flexibility index (Phi) is 3.85. The maximum atomic E-state index is 11.1. The second-order valence-corrected chi connectivity index (χ2v) is 4.32. The van der Waals surface area contributed by atoms with Crippen molar-refractivity contribution in [2.75, 3.05) is 19.0 Å². The van der Waals surface area contributed by atoms with Crippen molar-refractivity contribution < 1.29 is 9.53 Å². The number of esters is 1. The van der Waals surface area contributed by atoms with Gasteiger partial charge >= 0.3 is 5.97 Å². The van der Waals surface area contributed by atoms with Gasteiger partial charge in [-0.15, -0.1) is 0 Å². The zero-order valence-electron chi connectivity index (χ0n) is 11.3. The van der Waals surface area contributed by atoms with E-state index in [2.05, 4.69) is 15.2 Å². The van der Waals surface area contributed by atoms with Crippen LogP contribution < -0.4 is 5.32 Å². The molecule has 0 amide bonds. The molecule has 0 aliphatic carbocycles. The van der Waals surface area contributed by atoms with E-state index in [9.17, 15) is 4.79 Å².